The molecule has 0 N–H and O–H groups in total. The number of amides is 1. The Morgan fingerprint density at radius 2 is 2.03 bits per heavy atom. The maximum atomic E-state index is 13.1. The summed E-state index contributed by atoms with van der Waals surface area (Å²) in [5, 5.41) is 8.29. The molecular weight excluding hydrogens is 402 g/mol. The van der Waals surface area contributed by atoms with Gasteiger partial charge in [0.1, 0.15) is 5.75 Å². The highest BCUT2D eigenvalue weighted by molar-refractivity contribution is 7.22. The van der Waals surface area contributed by atoms with Crippen LogP contribution in [0.2, 0.25) is 0 Å². The number of hydrogen-bond donors (Lipinski definition) is 0. The summed E-state index contributed by atoms with van der Waals surface area (Å²) in [6, 6.07) is 17.3. The number of anilines is 1. The van der Waals surface area contributed by atoms with Gasteiger partial charge in [0.15, 0.2) is 0 Å². The monoisotopic (exact) mass is 421 g/mol. The Morgan fingerprint density at radius 1 is 1.21 bits per heavy atom. The highest BCUT2D eigenvalue weighted by Gasteiger charge is 2.21. The van der Waals surface area contributed by atoms with Crippen molar-refractivity contribution in [3.63, 3.8) is 0 Å². The van der Waals surface area contributed by atoms with E-state index in [1.807, 2.05) is 61.7 Å². The summed E-state index contributed by atoms with van der Waals surface area (Å²) in [5.41, 5.74) is 2.88. The summed E-state index contributed by atoms with van der Waals surface area (Å²) in [6.45, 7) is 4.61. The molecule has 0 saturated carbocycles. The number of hydrazone groups is 1. The molecule has 0 fully saturated rings. The third-order valence-electron chi connectivity index (χ3n) is 4.15. The van der Waals surface area contributed by atoms with Crippen molar-refractivity contribution in [1.29, 1.82) is 0 Å². The van der Waals surface area contributed by atoms with Crippen LogP contribution in [0.4, 0.5) is 5.13 Å². The van der Waals surface area contributed by atoms with Gasteiger partial charge in [-0.3, -0.25) is 4.79 Å². The smallest absolute Gasteiger partial charge is 0.290 e. The van der Waals surface area contributed by atoms with Gasteiger partial charge in [-0.2, -0.15) is 10.1 Å². The maximum Gasteiger partial charge on any atom is 0.290 e. The van der Waals surface area contributed by atoms with Crippen molar-refractivity contribution in [2.75, 3.05) is 11.6 Å². The molecule has 0 spiro atoms. The van der Waals surface area contributed by atoms with E-state index >= 15 is 0 Å². The molecule has 29 heavy (non-hydrogen) atoms. The zero-order chi connectivity index (χ0) is 20.2. The van der Waals surface area contributed by atoms with E-state index in [1.54, 1.807) is 12.3 Å². The van der Waals surface area contributed by atoms with Crippen LogP contribution in [0.1, 0.15) is 27.7 Å². The number of fused-ring (bicyclic) bond motifs is 1. The second kappa shape index (κ2) is 8.55. The third kappa shape index (κ3) is 4.36. The van der Waals surface area contributed by atoms with Crippen LogP contribution in [0.25, 0.3) is 10.2 Å². The number of thiazole rings is 1. The Labute approximate surface area is 176 Å². The number of thiophene rings is 1. The fraction of sp³-hybridized carbons (Fsp3) is 0.136. The van der Waals surface area contributed by atoms with Crippen LogP contribution in [0.5, 0.6) is 5.75 Å². The van der Waals surface area contributed by atoms with Crippen molar-refractivity contribution in [3.05, 3.63) is 76.0 Å². The first-order chi connectivity index (χ1) is 14.1. The molecule has 1 amide bonds. The van der Waals surface area contributed by atoms with Crippen molar-refractivity contribution < 1.29 is 9.53 Å². The molecule has 5 nitrogen and oxygen atoms in total. The summed E-state index contributed by atoms with van der Waals surface area (Å²) in [6.07, 6.45) is 1.67. The second-order valence-electron chi connectivity index (χ2n) is 6.31. The number of rotatable bonds is 6. The largest absolute Gasteiger partial charge is 0.494 e. The van der Waals surface area contributed by atoms with Crippen molar-refractivity contribution in [1.82, 2.24) is 4.98 Å². The fourth-order valence-corrected chi connectivity index (χ4v) is 4.41. The van der Waals surface area contributed by atoms with Crippen LogP contribution in [0.15, 0.2) is 65.1 Å². The fourth-order valence-electron chi connectivity index (χ4n) is 2.74. The van der Waals surface area contributed by atoms with Gasteiger partial charge in [0.05, 0.1) is 27.9 Å². The first kappa shape index (κ1) is 19.3. The number of hydrogen-bond acceptors (Lipinski definition) is 6. The van der Waals surface area contributed by atoms with Crippen LogP contribution in [-0.4, -0.2) is 23.7 Å². The molecule has 7 heteroatoms. The van der Waals surface area contributed by atoms with Gasteiger partial charge in [-0.25, -0.2) is 4.98 Å². The summed E-state index contributed by atoms with van der Waals surface area (Å²) in [5.74, 6) is 0.607. The molecule has 146 valence electrons. The van der Waals surface area contributed by atoms with Gasteiger partial charge in [0.2, 0.25) is 5.13 Å². The summed E-state index contributed by atoms with van der Waals surface area (Å²) in [7, 11) is 0. The summed E-state index contributed by atoms with van der Waals surface area (Å²) >= 11 is 2.84. The van der Waals surface area contributed by atoms with Crippen LogP contribution < -0.4 is 9.75 Å². The molecule has 0 aliphatic rings. The van der Waals surface area contributed by atoms with E-state index in [9.17, 15) is 4.79 Å². The molecule has 0 saturated heterocycles. The maximum absolute atomic E-state index is 13.1. The predicted octanol–water partition coefficient (Wildman–Crippen LogP) is 5.75. The Hall–Kier alpha value is -3.03. The number of carbonyl (C=O) groups is 1. The van der Waals surface area contributed by atoms with Crippen molar-refractivity contribution in [2.24, 2.45) is 5.10 Å². The summed E-state index contributed by atoms with van der Waals surface area (Å²) in [4.78, 5) is 18.3. The molecule has 2 heterocycles. The average Bonchev–Trinajstić information content (AvgIpc) is 3.39. The Kier molecular flexibility index (Phi) is 5.69. The first-order valence-corrected chi connectivity index (χ1v) is 10.9. The lowest BCUT2D eigenvalue weighted by Gasteiger charge is -2.12. The lowest BCUT2D eigenvalue weighted by molar-refractivity contribution is 0.0991. The topological polar surface area (TPSA) is 54.8 Å². The summed E-state index contributed by atoms with van der Waals surface area (Å²) < 4.78 is 6.50. The van der Waals surface area contributed by atoms with Crippen LogP contribution >= 0.6 is 22.7 Å². The highest BCUT2D eigenvalue weighted by atomic mass is 32.1. The zero-order valence-electron chi connectivity index (χ0n) is 16.0. The average molecular weight is 422 g/mol. The van der Waals surface area contributed by atoms with E-state index in [2.05, 4.69) is 16.2 Å². The van der Waals surface area contributed by atoms with Gasteiger partial charge in [-0.1, -0.05) is 23.5 Å². The normalized spacial score (nSPS) is 11.2. The van der Waals surface area contributed by atoms with E-state index in [0.29, 0.717) is 16.6 Å². The van der Waals surface area contributed by atoms with Crippen molar-refractivity contribution >= 4 is 50.1 Å². The number of benzene rings is 2. The molecule has 2 aromatic heterocycles. The van der Waals surface area contributed by atoms with Gasteiger partial charge in [0.25, 0.3) is 5.91 Å². The second-order valence-corrected chi connectivity index (χ2v) is 8.27. The Balaban J connectivity index is 1.68. The SMILES string of the molecule is CCOc1ccc(/C=N/N(C(=O)c2cccs2)c2nc3ccc(C)cc3s2)cc1. The number of aromatic nitrogens is 1. The predicted molar refractivity (Wildman–Crippen MR) is 121 cm³/mol. The van der Waals surface area contributed by atoms with Gasteiger partial charge in [-0.15, -0.1) is 11.3 Å². The molecule has 0 atom stereocenters. The van der Waals surface area contributed by atoms with E-state index in [0.717, 1.165) is 27.1 Å². The molecule has 4 aromatic rings. The van der Waals surface area contributed by atoms with E-state index in [1.165, 1.54) is 27.7 Å². The van der Waals surface area contributed by atoms with E-state index < -0.39 is 0 Å². The Morgan fingerprint density at radius 3 is 2.76 bits per heavy atom. The molecule has 4 rings (SSSR count). The van der Waals surface area contributed by atoms with Crippen molar-refractivity contribution in [3.8, 4) is 5.75 Å². The number of aryl methyl sites for hydroxylation is 1. The highest BCUT2D eigenvalue weighted by Crippen LogP contribution is 2.31. The molecule has 0 aliphatic heterocycles. The molecule has 0 radical (unpaired) electrons. The van der Waals surface area contributed by atoms with Gasteiger partial charge in [-0.05, 0) is 72.8 Å². The number of nitrogens with zero attached hydrogens (tertiary/aromatic N) is 3. The van der Waals surface area contributed by atoms with Crippen LogP contribution in [0, 0.1) is 6.92 Å². The molecule has 0 unspecified atom stereocenters. The van der Waals surface area contributed by atoms with Gasteiger partial charge < -0.3 is 4.74 Å². The first-order valence-electron chi connectivity index (χ1n) is 9.16. The van der Waals surface area contributed by atoms with E-state index in [4.69, 9.17) is 4.74 Å². The van der Waals surface area contributed by atoms with Gasteiger partial charge >= 0.3 is 0 Å². The lowest BCUT2D eigenvalue weighted by atomic mass is 10.2. The van der Waals surface area contributed by atoms with Gasteiger partial charge in [0, 0.05) is 0 Å². The van der Waals surface area contributed by atoms with E-state index in [-0.39, 0.29) is 5.91 Å². The van der Waals surface area contributed by atoms with Crippen molar-refractivity contribution in [2.45, 2.75) is 13.8 Å². The molecular formula is C22H19N3O2S2. The quantitative estimate of drug-likeness (QED) is 0.294. The lowest BCUT2D eigenvalue weighted by Crippen LogP contribution is -2.24. The minimum atomic E-state index is -0.196. The zero-order valence-corrected chi connectivity index (χ0v) is 17.7. The third-order valence-corrected chi connectivity index (χ3v) is 6.00. The molecule has 0 aliphatic carbocycles. The standard InChI is InChI=1S/C22H19N3O2S2/c1-3-27-17-9-7-16(8-10-17)14-23-25(21(26)19-5-4-12-28-19)22-24-18-11-6-15(2)13-20(18)29-22/h4-14H,3H2,1-2H3/b23-14+. The molecule has 2 aromatic carbocycles. The molecule has 0 bridgehead atoms. The number of carbonyl (C=O) groups excluding carboxylic acids is 1. The minimum absolute atomic E-state index is 0.196. The number of ether oxygens (including phenoxy) is 1. The minimum Gasteiger partial charge on any atom is -0.494 e. The van der Waals surface area contributed by atoms with Crippen LogP contribution in [0.3, 0.4) is 0 Å². The van der Waals surface area contributed by atoms with Crippen LogP contribution in [-0.2, 0) is 0 Å². The Bertz CT molecular complexity index is 1150.